The average Bonchev–Trinajstić information content (AvgIpc) is 2.38. The summed E-state index contributed by atoms with van der Waals surface area (Å²) in [6.45, 7) is 6.93. The molecule has 1 N–H and O–H groups in total. The number of benzene rings is 1. The lowest BCUT2D eigenvalue weighted by Gasteiger charge is -2.37. The summed E-state index contributed by atoms with van der Waals surface area (Å²) in [7, 11) is 0. The van der Waals surface area contributed by atoms with E-state index in [0.29, 0.717) is 12.0 Å². The van der Waals surface area contributed by atoms with Crippen LogP contribution in [0.15, 0.2) is 30.3 Å². The van der Waals surface area contributed by atoms with Crippen molar-refractivity contribution in [2.24, 2.45) is 5.92 Å². The molecule has 2 rings (SSSR count). The Kier molecular flexibility index (Phi) is 4.97. The van der Waals surface area contributed by atoms with Gasteiger partial charge in [0.05, 0.1) is 0 Å². The molecule has 1 amide bonds. The number of piperidine rings is 1. The van der Waals surface area contributed by atoms with Crippen LogP contribution in [0.3, 0.4) is 0 Å². The molecule has 19 heavy (non-hydrogen) atoms. The second-order valence-corrected chi connectivity index (χ2v) is 5.59. The Morgan fingerprint density at radius 2 is 2.05 bits per heavy atom. The summed E-state index contributed by atoms with van der Waals surface area (Å²) in [6, 6.07) is 10.9. The zero-order valence-electron chi connectivity index (χ0n) is 11.9. The maximum absolute atomic E-state index is 11.2. The van der Waals surface area contributed by atoms with Gasteiger partial charge < -0.3 is 5.32 Å². The molecule has 0 aliphatic carbocycles. The van der Waals surface area contributed by atoms with Crippen LogP contribution >= 0.6 is 0 Å². The van der Waals surface area contributed by atoms with E-state index in [4.69, 9.17) is 0 Å². The van der Waals surface area contributed by atoms with Crippen molar-refractivity contribution in [3.8, 4) is 0 Å². The Hall–Kier alpha value is -1.35. The summed E-state index contributed by atoms with van der Waals surface area (Å²) < 4.78 is 0. The molecule has 3 nitrogen and oxygen atoms in total. The first-order valence-corrected chi connectivity index (χ1v) is 7.20. The Morgan fingerprint density at radius 1 is 1.32 bits per heavy atom. The van der Waals surface area contributed by atoms with Crippen LogP contribution in [0.5, 0.6) is 0 Å². The molecule has 2 unspecified atom stereocenters. The average molecular weight is 260 g/mol. The molecular formula is C16H24N2O. The van der Waals surface area contributed by atoms with Gasteiger partial charge in [0.1, 0.15) is 0 Å². The van der Waals surface area contributed by atoms with Gasteiger partial charge in [-0.2, -0.15) is 0 Å². The van der Waals surface area contributed by atoms with Gasteiger partial charge in [-0.15, -0.1) is 0 Å². The quantitative estimate of drug-likeness (QED) is 0.901. The lowest BCUT2D eigenvalue weighted by atomic mass is 9.91. The Morgan fingerprint density at radius 3 is 2.68 bits per heavy atom. The minimum atomic E-state index is 0.0846. The summed E-state index contributed by atoms with van der Waals surface area (Å²) in [4.78, 5) is 13.7. The number of carbonyl (C=O) groups excluding carboxylic acids is 1. The van der Waals surface area contributed by atoms with Crippen LogP contribution < -0.4 is 5.32 Å². The lowest BCUT2D eigenvalue weighted by molar-refractivity contribution is -0.120. The van der Waals surface area contributed by atoms with Gasteiger partial charge in [0.15, 0.2) is 0 Å². The topological polar surface area (TPSA) is 32.3 Å². The van der Waals surface area contributed by atoms with Gasteiger partial charge in [-0.3, -0.25) is 9.69 Å². The molecular weight excluding hydrogens is 236 g/mol. The van der Waals surface area contributed by atoms with Crippen LogP contribution in [-0.2, 0) is 11.3 Å². The van der Waals surface area contributed by atoms with E-state index in [1.165, 1.54) is 12.0 Å². The van der Waals surface area contributed by atoms with Crippen molar-refractivity contribution in [2.45, 2.75) is 39.3 Å². The Balaban J connectivity index is 1.97. The third-order valence-electron chi connectivity index (χ3n) is 3.85. The maximum Gasteiger partial charge on any atom is 0.217 e. The van der Waals surface area contributed by atoms with Crippen LogP contribution in [0.2, 0.25) is 0 Å². The monoisotopic (exact) mass is 260 g/mol. The van der Waals surface area contributed by atoms with Crippen molar-refractivity contribution in [2.75, 3.05) is 13.1 Å². The molecule has 0 bridgehead atoms. The summed E-state index contributed by atoms with van der Waals surface area (Å²) in [5, 5.41) is 3.08. The number of nitrogens with one attached hydrogen (secondary N) is 1. The van der Waals surface area contributed by atoms with Gasteiger partial charge in [0, 0.05) is 32.6 Å². The maximum atomic E-state index is 11.2. The number of amides is 1. The van der Waals surface area contributed by atoms with Crippen LogP contribution in [0.1, 0.15) is 32.3 Å². The largest absolute Gasteiger partial charge is 0.352 e. The molecule has 104 valence electrons. The highest BCUT2D eigenvalue weighted by Gasteiger charge is 2.26. The SMILES string of the molecule is CCC1CC(NC(C)=O)CN(Cc2ccccc2)C1. The van der Waals surface area contributed by atoms with Gasteiger partial charge in [-0.1, -0.05) is 43.7 Å². The normalized spacial score (nSPS) is 24.1. The van der Waals surface area contributed by atoms with E-state index in [1.54, 1.807) is 6.92 Å². The molecule has 1 saturated heterocycles. The molecule has 0 radical (unpaired) electrons. The van der Waals surface area contributed by atoms with E-state index in [-0.39, 0.29) is 5.91 Å². The second-order valence-electron chi connectivity index (χ2n) is 5.59. The zero-order chi connectivity index (χ0) is 13.7. The molecule has 3 heteroatoms. The van der Waals surface area contributed by atoms with Gasteiger partial charge in [-0.05, 0) is 17.9 Å². The molecule has 1 aliphatic heterocycles. The van der Waals surface area contributed by atoms with Crippen LogP contribution in [0.4, 0.5) is 0 Å². The number of hydrogen-bond acceptors (Lipinski definition) is 2. The minimum Gasteiger partial charge on any atom is -0.352 e. The fourth-order valence-electron chi connectivity index (χ4n) is 2.96. The van der Waals surface area contributed by atoms with Gasteiger partial charge in [0.2, 0.25) is 5.91 Å². The highest BCUT2D eigenvalue weighted by Crippen LogP contribution is 2.21. The van der Waals surface area contributed by atoms with E-state index in [0.717, 1.165) is 26.1 Å². The van der Waals surface area contributed by atoms with Crippen LogP contribution in [0.25, 0.3) is 0 Å². The highest BCUT2D eigenvalue weighted by molar-refractivity contribution is 5.73. The lowest BCUT2D eigenvalue weighted by Crippen LogP contribution is -2.49. The van der Waals surface area contributed by atoms with Crippen LogP contribution in [-0.4, -0.2) is 29.9 Å². The van der Waals surface area contributed by atoms with Crippen LogP contribution in [0, 0.1) is 5.92 Å². The summed E-state index contributed by atoms with van der Waals surface area (Å²) in [5.41, 5.74) is 1.35. The summed E-state index contributed by atoms with van der Waals surface area (Å²) in [5.74, 6) is 0.774. The highest BCUT2D eigenvalue weighted by atomic mass is 16.1. The van der Waals surface area contributed by atoms with Gasteiger partial charge >= 0.3 is 0 Å². The van der Waals surface area contributed by atoms with Crippen molar-refractivity contribution in [3.05, 3.63) is 35.9 Å². The molecule has 1 aliphatic rings. The predicted octanol–water partition coefficient (Wildman–Crippen LogP) is 2.42. The van der Waals surface area contributed by atoms with Crippen molar-refractivity contribution >= 4 is 5.91 Å². The van der Waals surface area contributed by atoms with E-state index in [1.807, 2.05) is 0 Å². The third kappa shape index (κ3) is 4.35. The molecule has 1 heterocycles. The van der Waals surface area contributed by atoms with Crippen molar-refractivity contribution < 1.29 is 4.79 Å². The molecule has 2 atom stereocenters. The summed E-state index contributed by atoms with van der Waals surface area (Å²) >= 11 is 0. The van der Waals surface area contributed by atoms with E-state index >= 15 is 0 Å². The number of hydrogen-bond donors (Lipinski definition) is 1. The Labute approximate surface area is 116 Å². The fourth-order valence-corrected chi connectivity index (χ4v) is 2.96. The molecule has 1 aromatic rings. The standard InChI is InChI=1S/C16H24N2O/c1-3-14-9-16(17-13(2)19)12-18(10-14)11-15-7-5-4-6-8-15/h4-8,14,16H,3,9-12H2,1-2H3,(H,17,19). The number of likely N-dealkylation sites (tertiary alicyclic amines) is 1. The first kappa shape index (κ1) is 14.1. The van der Waals surface area contributed by atoms with Crippen molar-refractivity contribution in [1.29, 1.82) is 0 Å². The van der Waals surface area contributed by atoms with E-state index in [2.05, 4.69) is 47.5 Å². The zero-order valence-corrected chi connectivity index (χ0v) is 11.9. The van der Waals surface area contributed by atoms with Crippen molar-refractivity contribution in [3.63, 3.8) is 0 Å². The van der Waals surface area contributed by atoms with E-state index in [9.17, 15) is 4.79 Å². The molecule has 0 aromatic heterocycles. The molecule has 1 aromatic carbocycles. The van der Waals surface area contributed by atoms with Gasteiger partial charge in [0.25, 0.3) is 0 Å². The Bertz CT molecular complexity index is 404. The minimum absolute atomic E-state index is 0.0846. The van der Waals surface area contributed by atoms with Gasteiger partial charge in [-0.25, -0.2) is 0 Å². The number of rotatable bonds is 4. The smallest absolute Gasteiger partial charge is 0.217 e. The predicted molar refractivity (Wildman–Crippen MR) is 77.7 cm³/mol. The molecule has 0 saturated carbocycles. The van der Waals surface area contributed by atoms with E-state index < -0.39 is 0 Å². The number of nitrogens with zero attached hydrogens (tertiary/aromatic N) is 1. The second kappa shape index (κ2) is 6.71. The third-order valence-corrected chi connectivity index (χ3v) is 3.85. The summed E-state index contributed by atoms with van der Waals surface area (Å²) in [6.07, 6.45) is 2.29. The fraction of sp³-hybridized carbons (Fsp3) is 0.562. The van der Waals surface area contributed by atoms with Crippen molar-refractivity contribution in [1.82, 2.24) is 10.2 Å². The molecule has 1 fully saturated rings. The first-order valence-electron chi connectivity index (χ1n) is 7.20. The first-order chi connectivity index (χ1) is 9.17. The molecule has 0 spiro atoms. The number of carbonyl (C=O) groups is 1.